The lowest BCUT2D eigenvalue weighted by Gasteiger charge is -2.21. The van der Waals surface area contributed by atoms with Crippen LogP contribution in [0.1, 0.15) is 44.1 Å². The summed E-state index contributed by atoms with van der Waals surface area (Å²) < 4.78 is 1.95. The summed E-state index contributed by atoms with van der Waals surface area (Å²) in [6.45, 7) is 1.94. The van der Waals surface area contributed by atoms with Crippen LogP contribution in [-0.2, 0) is 6.54 Å². The lowest BCUT2D eigenvalue weighted by atomic mass is 9.87. The van der Waals surface area contributed by atoms with Crippen LogP contribution < -0.4 is 5.32 Å². The average Bonchev–Trinajstić information content (AvgIpc) is 3.03. The van der Waals surface area contributed by atoms with E-state index < -0.39 is 0 Å². The molecule has 0 amide bonds. The summed E-state index contributed by atoms with van der Waals surface area (Å²) in [5.74, 6) is 0.949. The first-order valence-corrected chi connectivity index (χ1v) is 8.20. The van der Waals surface area contributed by atoms with Crippen LogP contribution in [0.5, 0.6) is 0 Å². The van der Waals surface area contributed by atoms with Gasteiger partial charge in [-0.2, -0.15) is 5.10 Å². The number of benzene rings is 1. The zero-order chi connectivity index (χ0) is 14.3. The second-order valence-electron chi connectivity index (χ2n) is 6.12. The van der Waals surface area contributed by atoms with E-state index in [9.17, 15) is 0 Å². The van der Waals surface area contributed by atoms with Crippen LogP contribution >= 0.6 is 0 Å². The van der Waals surface area contributed by atoms with Crippen molar-refractivity contribution in [1.82, 2.24) is 9.78 Å². The van der Waals surface area contributed by atoms with Gasteiger partial charge < -0.3 is 5.32 Å². The van der Waals surface area contributed by atoms with Gasteiger partial charge in [0, 0.05) is 24.6 Å². The minimum atomic E-state index is 0.843. The lowest BCUT2D eigenvalue weighted by molar-refractivity contribution is 0.345. The van der Waals surface area contributed by atoms with Gasteiger partial charge in [0.05, 0.1) is 6.54 Å². The van der Waals surface area contributed by atoms with Crippen molar-refractivity contribution in [3.63, 3.8) is 0 Å². The molecule has 0 bridgehead atoms. The molecule has 1 aliphatic rings. The second-order valence-corrected chi connectivity index (χ2v) is 6.12. The van der Waals surface area contributed by atoms with E-state index >= 15 is 0 Å². The van der Waals surface area contributed by atoms with Crippen LogP contribution in [0.25, 0.3) is 0 Å². The highest BCUT2D eigenvalue weighted by atomic mass is 15.3. The van der Waals surface area contributed by atoms with Gasteiger partial charge in [-0.1, -0.05) is 44.2 Å². The van der Waals surface area contributed by atoms with Crippen molar-refractivity contribution in [2.45, 2.75) is 45.1 Å². The molecule has 21 heavy (non-hydrogen) atoms. The first kappa shape index (κ1) is 14.2. The first-order valence-electron chi connectivity index (χ1n) is 8.20. The van der Waals surface area contributed by atoms with Gasteiger partial charge in [-0.05, 0) is 36.1 Å². The Morgan fingerprint density at radius 1 is 1.10 bits per heavy atom. The number of rotatable bonds is 6. The predicted molar refractivity (Wildman–Crippen MR) is 87.5 cm³/mol. The molecular weight excluding hydrogens is 258 g/mol. The molecule has 0 atom stereocenters. The van der Waals surface area contributed by atoms with Gasteiger partial charge in [0.15, 0.2) is 0 Å². The zero-order valence-electron chi connectivity index (χ0n) is 12.7. The van der Waals surface area contributed by atoms with Gasteiger partial charge in [-0.3, -0.25) is 4.68 Å². The van der Waals surface area contributed by atoms with Crippen LogP contribution in [0.3, 0.4) is 0 Å². The minimum Gasteiger partial charge on any atom is -0.385 e. The Labute approximate surface area is 127 Å². The minimum absolute atomic E-state index is 0.843. The summed E-state index contributed by atoms with van der Waals surface area (Å²) in [6.07, 6.45) is 12.3. The Hall–Kier alpha value is -1.77. The van der Waals surface area contributed by atoms with Gasteiger partial charge in [-0.15, -0.1) is 0 Å². The molecule has 3 rings (SSSR count). The smallest absolute Gasteiger partial charge is 0.0659 e. The lowest BCUT2D eigenvalue weighted by Crippen LogP contribution is -2.12. The summed E-state index contributed by atoms with van der Waals surface area (Å²) in [5.41, 5.74) is 2.52. The molecule has 0 unspecified atom stereocenters. The fourth-order valence-electron chi connectivity index (χ4n) is 3.21. The number of nitrogens with zero attached hydrogens (tertiary/aromatic N) is 2. The molecule has 1 heterocycles. The van der Waals surface area contributed by atoms with Crippen LogP contribution in [0.2, 0.25) is 0 Å². The largest absolute Gasteiger partial charge is 0.385 e. The van der Waals surface area contributed by atoms with Gasteiger partial charge >= 0.3 is 0 Å². The van der Waals surface area contributed by atoms with E-state index in [-0.39, 0.29) is 0 Å². The highest BCUT2D eigenvalue weighted by molar-refractivity contribution is 5.44. The molecule has 112 valence electrons. The molecule has 1 fully saturated rings. The van der Waals surface area contributed by atoms with Gasteiger partial charge in [0.25, 0.3) is 0 Å². The van der Waals surface area contributed by atoms with E-state index in [4.69, 9.17) is 0 Å². The fourth-order valence-corrected chi connectivity index (χ4v) is 3.21. The maximum atomic E-state index is 4.24. The van der Waals surface area contributed by atoms with E-state index in [0.717, 1.165) is 19.0 Å². The number of hydrogen-bond acceptors (Lipinski definition) is 2. The van der Waals surface area contributed by atoms with E-state index in [2.05, 4.69) is 34.7 Å². The maximum absolute atomic E-state index is 4.24. The summed E-state index contributed by atoms with van der Waals surface area (Å²) in [7, 11) is 0. The molecule has 1 aliphatic carbocycles. The maximum Gasteiger partial charge on any atom is 0.0659 e. The molecule has 0 aliphatic heterocycles. The fraction of sp³-hybridized carbons (Fsp3) is 0.500. The summed E-state index contributed by atoms with van der Waals surface area (Å²) in [4.78, 5) is 0. The van der Waals surface area contributed by atoms with Crippen LogP contribution in [0.15, 0.2) is 42.7 Å². The number of anilines is 1. The standard InChI is InChI=1S/C18H25N3/c1-2-5-16(6-3-1)11-13-19-18-9-7-17(8-10-18)15-21-14-4-12-20-21/h4,7-10,12,14,16,19H,1-3,5-6,11,13,15H2. The Kier molecular flexibility index (Phi) is 4.93. The summed E-state index contributed by atoms with van der Waals surface area (Å²) in [5, 5.41) is 7.79. The predicted octanol–water partition coefficient (Wildman–Crippen LogP) is 4.31. The van der Waals surface area contributed by atoms with E-state index in [1.54, 1.807) is 0 Å². The molecule has 1 N–H and O–H groups in total. The molecule has 3 nitrogen and oxygen atoms in total. The molecule has 0 radical (unpaired) electrons. The zero-order valence-corrected chi connectivity index (χ0v) is 12.7. The third-order valence-corrected chi connectivity index (χ3v) is 4.46. The van der Waals surface area contributed by atoms with Crippen LogP contribution in [0.4, 0.5) is 5.69 Å². The van der Waals surface area contributed by atoms with Crippen molar-refractivity contribution in [3.05, 3.63) is 48.3 Å². The van der Waals surface area contributed by atoms with Crippen molar-refractivity contribution >= 4 is 5.69 Å². The van der Waals surface area contributed by atoms with Gasteiger partial charge in [0.2, 0.25) is 0 Å². The number of aromatic nitrogens is 2. The Morgan fingerprint density at radius 2 is 1.90 bits per heavy atom. The van der Waals surface area contributed by atoms with Crippen molar-refractivity contribution in [2.75, 3.05) is 11.9 Å². The Balaban J connectivity index is 1.43. The molecule has 3 heteroatoms. The normalized spacial score (nSPS) is 16.0. The molecule has 0 spiro atoms. The molecule has 2 aromatic rings. The summed E-state index contributed by atoms with van der Waals surface area (Å²) >= 11 is 0. The SMILES string of the molecule is c1cnn(Cc2ccc(NCCC3CCCCC3)cc2)c1. The molecule has 1 aromatic heterocycles. The second kappa shape index (κ2) is 7.30. The molecule has 1 aromatic carbocycles. The summed E-state index contributed by atoms with van der Waals surface area (Å²) in [6, 6.07) is 10.7. The van der Waals surface area contributed by atoms with Crippen molar-refractivity contribution < 1.29 is 0 Å². The quantitative estimate of drug-likeness (QED) is 0.856. The average molecular weight is 283 g/mol. The van der Waals surface area contributed by atoms with E-state index in [1.807, 2.05) is 23.1 Å². The van der Waals surface area contributed by atoms with Gasteiger partial charge in [-0.25, -0.2) is 0 Å². The monoisotopic (exact) mass is 283 g/mol. The third-order valence-electron chi connectivity index (χ3n) is 4.46. The topological polar surface area (TPSA) is 29.9 Å². The van der Waals surface area contributed by atoms with Crippen LogP contribution in [0, 0.1) is 5.92 Å². The van der Waals surface area contributed by atoms with Gasteiger partial charge in [0.1, 0.15) is 0 Å². The Bertz CT molecular complexity index is 510. The number of nitrogens with one attached hydrogen (secondary N) is 1. The molecule has 0 saturated heterocycles. The van der Waals surface area contributed by atoms with Crippen LogP contribution in [-0.4, -0.2) is 16.3 Å². The van der Waals surface area contributed by atoms with E-state index in [1.165, 1.54) is 49.8 Å². The molecular formula is C18H25N3. The van der Waals surface area contributed by atoms with Crippen molar-refractivity contribution in [2.24, 2.45) is 5.92 Å². The first-order chi connectivity index (χ1) is 10.4. The molecule has 1 saturated carbocycles. The van der Waals surface area contributed by atoms with Crippen molar-refractivity contribution in [3.8, 4) is 0 Å². The highest BCUT2D eigenvalue weighted by Crippen LogP contribution is 2.26. The Morgan fingerprint density at radius 3 is 2.62 bits per heavy atom. The number of hydrogen-bond donors (Lipinski definition) is 1. The highest BCUT2D eigenvalue weighted by Gasteiger charge is 2.12. The third kappa shape index (κ3) is 4.35. The van der Waals surface area contributed by atoms with Crippen molar-refractivity contribution in [1.29, 1.82) is 0 Å². The van der Waals surface area contributed by atoms with E-state index in [0.29, 0.717) is 0 Å².